The number of fused-ring (bicyclic) bond motifs is 1. The highest BCUT2D eigenvalue weighted by molar-refractivity contribution is 5.90. The maximum Gasteiger partial charge on any atom is 0.317 e. The summed E-state index contributed by atoms with van der Waals surface area (Å²) >= 11 is 0. The smallest absolute Gasteiger partial charge is 0.317 e. The van der Waals surface area contributed by atoms with Crippen molar-refractivity contribution in [3.8, 4) is 0 Å². The lowest BCUT2D eigenvalue weighted by atomic mass is 9.73. The van der Waals surface area contributed by atoms with Crippen LogP contribution in [-0.2, 0) is 23.8 Å². The summed E-state index contributed by atoms with van der Waals surface area (Å²) in [6, 6.07) is 0. The molecule has 4 aliphatic rings. The number of carbonyl (C=O) groups excluding carboxylic acids is 1. The van der Waals surface area contributed by atoms with Gasteiger partial charge >= 0.3 is 11.9 Å². The average molecular weight is 536 g/mol. The van der Waals surface area contributed by atoms with E-state index < -0.39 is 74.0 Å². The second-order valence-corrected chi connectivity index (χ2v) is 10.8. The third-order valence-electron chi connectivity index (χ3n) is 8.17. The minimum Gasteiger partial charge on any atom is -0.481 e. The van der Waals surface area contributed by atoms with Crippen LogP contribution in [0.5, 0.6) is 0 Å². The molecule has 4 fully saturated rings. The average Bonchev–Trinajstić information content (AvgIpc) is 2.83. The first-order valence-corrected chi connectivity index (χ1v) is 13.0. The van der Waals surface area contributed by atoms with Gasteiger partial charge in [-0.1, -0.05) is 0 Å². The monoisotopic (exact) mass is 535 g/mol. The summed E-state index contributed by atoms with van der Waals surface area (Å²) in [7, 11) is 0. The van der Waals surface area contributed by atoms with Gasteiger partial charge in [0.1, 0.15) is 43.5 Å². The Bertz CT molecular complexity index is 787. The molecule has 11 unspecified atom stereocenters. The van der Waals surface area contributed by atoms with Crippen molar-refractivity contribution < 1.29 is 64.3 Å². The van der Waals surface area contributed by atoms with Gasteiger partial charge in [-0.2, -0.15) is 0 Å². The van der Waals surface area contributed by atoms with Gasteiger partial charge in [-0.15, -0.1) is 0 Å². The van der Waals surface area contributed by atoms with Crippen molar-refractivity contribution in [2.75, 3.05) is 6.61 Å². The number of esters is 1. The lowest BCUT2D eigenvalue weighted by molar-refractivity contribution is -0.355. The zero-order chi connectivity index (χ0) is 26.9. The number of carbonyl (C=O) groups is 2. The Morgan fingerprint density at radius 3 is 2.24 bits per heavy atom. The van der Waals surface area contributed by atoms with Gasteiger partial charge in [0, 0.05) is 18.8 Å². The van der Waals surface area contributed by atoms with Gasteiger partial charge in [0.2, 0.25) is 0 Å². The largest absolute Gasteiger partial charge is 0.481 e. The topological polar surface area (TPSA) is 216 Å². The number of aliphatic carboxylic acids is 1. The molecule has 0 amide bonds. The zero-order valence-electron chi connectivity index (χ0n) is 20.5. The maximum absolute atomic E-state index is 11.6. The van der Waals surface area contributed by atoms with Crippen LogP contribution in [0, 0.1) is 11.8 Å². The molecule has 0 bridgehead atoms. The van der Waals surface area contributed by atoms with Gasteiger partial charge in [-0.05, 0) is 32.1 Å². The molecule has 212 valence electrons. The Labute approximate surface area is 213 Å². The molecule has 4 rings (SSSR count). The van der Waals surface area contributed by atoms with E-state index in [1.54, 1.807) is 0 Å². The molecular weight excluding hydrogens is 496 g/mol. The Kier molecular flexibility index (Phi) is 9.41. The predicted molar refractivity (Wildman–Crippen MR) is 122 cm³/mol. The van der Waals surface area contributed by atoms with Crippen LogP contribution in [0.4, 0.5) is 0 Å². The summed E-state index contributed by atoms with van der Waals surface area (Å²) in [5.74, 6) is -2.64. The number of carboxylic acid groups (broad SMARTS) is 1. The molecule has 13 nitrogen and oxygen atoms in total. The third kappa shape index (κ3) is 6.78. The molecule has 0 aromatic carbocycles. The summed E-state index contributed by atoms with van der Waals surface area (Å²) < 4.78 is 21.7. The zero-order valence-corrected chi connectivity index (χ0v) is 20.5. The fourth-order valence-electron chi connectivity index (χ4n) is 6.16. The SMILES string of the molecule is O=C(O)CC(=O)OCC1OC(OC2CC3C(O)CC(O)CC3[OH+]C2C2CCC(O)CC2)C(O)C(O)C1O. The summed E-state index contributed by atoms with van der Waals surface area (Å²) in [5.41, 5.74) is 0. The van der Waals surface area contributed by atoms with Crippen LogP contribution >= 0.6 is 0 Å². The summed E-state index contributed by atoms with van der Waals surface area (Å²) in [4.78, 5) is 22.3. The molecule has 0 radical (unpaired) electrons. The first-order chi connectivity index (χ1) is 17.5. The molecule has 2 aliphatic carbocycles. The van der Waals surface area contributed by atoms with Crippen LogP contribution in [0.2, 0.25) is 0 Å². The van der Waals surface area contributed by atoms with Crippen molar-refractivity contribution in [1.82, 2.24) is 0 Å². The molecule has 2 aliphatic heterocycles. The van der Waals surface area contributed by atoms with Crippen molar-refractivity contribution in [3.63, 3.8) is 0 Å². The van der Waals surface area contributed by atoms with Crippen LogP contribution in [0.3, 0.4) is 0 Å². The van der Waals surface area contributed by atoms with Crippen LogP contribution in [-0.4, -0.2) is 126 Å². The van der Waals surface area contributed by atoms with Gasteiger partial charge in [-0.3, -0.25) is 9.59 Å². The van der Waals surface area contributed by atoms with Gasteiger partial charge < -0.3 is 54.7 Å². The number of hydrogen-bond acceptors (Lipinski definition) is 11. The van der Waals surface area contributed by atoms with E-state index in [2.05, 4.69) is 0 Å². The molecule has 0 spiro atoms. The number of aliphatic hydroxyl groups excluding tert-OH is 6. The molecule has 2 saturated heterocycles. The van der Waals surface area contributed by atoms with E-state index >= 15 is 0 Å². The molecule has 37 heavy (non-hydrogen) atoms. The van der Waals surface area contributed by atoms with Crippen molar-refractivity contribution >= 4 is 11.9 Å². The normalized spacial score (nSPS) is 46.6. The van der Waals surface area contributed by atoms with E-state index in [9.17, 15) is 40.2 Å². The molecule has 8 N–H and O–H groups in total. The van der Waals surface area contributed by atoms with E-state index in [0.29, 0.717) is 38.5 Å². The van der Waals surface area contributed by atoms with Crippen LogP contribution in [0.25, 0.3) is 0 Å². The van der Waals surface area contributed by atoms with Gasteiger partial charge in [0.05, 0.1) is 24.2 Å². The second-order valence-electron chi connectivity index (χ2n) is 10.8. The molecule has 0 aromatic rings. The molecule has 11 atom stereocenters. The fourth-order valence-corrected chi connectivity index (χ4v) is 6.16. The Hall–Kier alpha value is -1.42. The van der Waals surface area contributed by atoms with E-state index in [1.807, 2.05) is 0 Å². The highest BCUT2D eigenvalue weighted by Crippen LogP contribution is 2.42. The first-order valence-electron chi connectivity index (χ1n) is 13.0. The minimum absolute atomic E-state index is 0.0644. The van der Waals surface area contributed by atoms with Crippen molar-refractivity contribution in [2.45, 2.75) is 119 Å². The van der Waals surface area contributed by atoms with E-state index in [-0.39, 0.29) is 36.6 Å². The van der Waals surface area contributed by atoms with Crippen LogP contribution < -0.4 is 0 Å². The standard InChI is InChI=1S/C24H38O13/c25-11-3-1-10(2-4-11)23-16(7-13-14(27)5-12(26)6-15(13)35-23)36-24-22(33)21(32)20(31)17(37-24)9-34-19(30)8-18(28)29/h10-17,20-27,31-33H,1-9H2,(H,28,29)/p+1. The first kappa shape index (κ1) is 28.6. The Balaban J connectivity index is 1.47. The number of ether oxygens (including phenoxy) is 4. The number of carboxylic acids is 1. The molecular formula is C24H39O13+. The number of hydrogen-bond donors (Lipinski definition) is 7. The summed E-state index contributed by atoms with van der Waals surface area (Å²) in [6.45, 7) is -0.558. The summed E-state index contributed by atoms with van der Waals surface area (Å²) in [6.07, 6.45) is -7.94. The predicted octanol–water partition coefficient (Wildman–Crippen LogP) is -2.45. The minimum atomic E-state index is -1.69. The number of aliphatic hydroxyl groups is 8. The second kappa shape index (κ2) is 12.2. The van der Waals surface area contributed by atoms with Crippen molar-refractivity contribution in [2.24, 2.45) is 11.8 Å². The van der Waals surface area contributed by atoms with E-state index in [4.69, 9.17) is 24.1 Å². The lowest BCUT2D eigenvalue weighted by Crippen LogP contribution is -2.63. The van der Waals surface area contributed by atoms with Crippen molar-refractivity contribution in [1.29, 1.82) is 0 Å². The third-order valence-corrected chi connectivity index (χ3v) is 8.17. The molecule has 13 heteroatoms. The molecule has 2 heterocycles. The van der Waals surface area contributed by atoms with E-state index in [0.717, 1.165) is 0 Å². The highest BCUT2D eigenvalue weighted by Gasteiger charge is 2.54. The number of rotatable bonds is 7. The highest BCUT2D eigenvalue weighted by atomic mass is 16.7. The Morgan fingerprint density at radius 2 is 1.57 bits per heavy atom. The van der Waals surface area contributed by atoms with Gasteiger partial charge in [-0.25, -0.2) is 0 Å². The van der Waals surface area contributed by atoms with Crippen LogP contribution in [0.15, 0.2) is 0 Å². The van der Waals surface area contributed by atoms with Crippen molar-refractivity contribution in [3.05, 3.63) is 0 Å². The molecule has 0 aromatic heterocycles. The Morgan fingerprint density at radius 1 is 0.865 bits per heavy atom. The summed E-state index contributed by atoms with van der Waals surface area (Å²) in [5, 5.41) is 70.8. The van der Waals surface area contributed by atoms with Gasteiger partial charge in [0.25, 0.3) is 0 Å². The van der Waals surface area contributed by atoms with E-state index in [1.165, 1.54) is 0 Å². The quantitative estimate of drug-likeness (QED) is 0.103. The maximum atomic E-state index is 11.6. The molecule has 2 saturated carbocycles. The lowest BCUT2D eigenvalue weighted by Gasteiger charge is -2.48. The van der Waals surface area contributed by atoms with Gasteiger partial charge in [0.15, 0.2) is 18.5 Å². The fraction of sp³-hybridized carbons (Fsp3) is 0.917. The van der Waals surface area contributed by atoms with Crippen LogP contribution in [0.1, 0.15) is 51.4 Å².